The molecule has 1 unspecified atom stereocenters. The van der Waals surface area contributed by atoms with E-state index in [0.29, 0.717) is 24.9 Å². The zero-order valence-electron chi connectivity index (χ0n) is 11.4. The van der Waals surface area contributed by atoms with Gasteiger partial charge in [-0.05, 0) is 30.5 Å². The van der Waals surface area contributed by atoms with Crippen molar-refractivity contribution in [2.75, 3.05) is 13.2 Å². The van der Waals surface area contributed by atoms with Crippen LogP contribution in [0.1, 0.15) is 18.8 Å². The lowest BCUT2D eigenvalue weighted by molar-refractivity contribution is 0.130. The molecule has 0 spiro atoms. The molecule has 21 heavy (non-hydrogen) atoms. The van der Waals surface area contributed by atoms with Gasteiger partial charge in [0, 0.05) is 11.3 Å². The van der Waals surface area contributed by atoms with Crippen LogP contribution in [-0.2, 0) is 4.74 Å². The van der Waals surface area contributed by atoms with Gasteiger partial charge in [-0.1, -0.05) is 11.2 Å². The number of hydrogen-bond donors (Lipinski definition) is 1. The minimum absolute atomic E-state index is 0.263. The van der Waals surface area contributed by atoms with Crippen LogP contribution >= 0.6 is 11.3 Å². The Labute approximate surface area is 124 Å². The van der Waals surface area contributed by atoms with Crippen LogP contribution in [-0.4, -0.2) is 23.4 Å². The third-order valence-electron chi connectivity index (χ3n) is 2.97. The highest BCUT2D eigenvalue weighted by molar-refractivity contribution is 7.22. The van der Waals surface area contributed by atoms with Crippen molar-refractivity contribution >= 4 is 21.4 Å². The van der Waals surface area contributed by atoms with E-state index < -0.39 is 6.04 Å². The number of fused-ring (bicyclic) bond motifs is 1. The van der Waals surface area contributed by atoms with E-state index in [0.717, 1.165) is 15.0 Å². The summed E-state index contributed by atoms with van der Waals surface area (Å²) < 4.78 is 24.5. The van der Waals surface area contributed by atoms with Gasteiger partial charge < -0.3 is 15.0 Å². The van der Waals surface area contributed by atoms with Gasteiger partial charge in [0.05, 0.1) is 17.5 Å². The molecular formula is C14H14FN3O2S. The first-order valence-electron chi connectivity index (χ1n) is 6.53. The number of hydrogen-bond acceptors (Lipinski definition) is 6. The Bertz CT molecular complexity index is 756. The fraction of sp³-hybridized carbons (Fsp3) is 0.286. The van der Waals surface area contributed by atoms with Crippen LogP contribution in [0.25, 0.3) is 20.9 Å². The molecule has 0 aliphatic carbocycles. The quantitative estimate of drug-likeness (QED) is 0.784. The first kappa shape index (κ1) is 14.1. The van der Waals surface area contributed by atoms with Crippen molar-refractivity contribution in [1.82, 2.24) is 10.1 Å². The number of thiophene rings is 1. The number of aromatic nitrogens is 2. The molecule has 110 valence electrons. The summed E-state index contributed by atoms with van der Waals surface area (Å²) in [6.07, 6.45) is 0. The second-order valence-corrected chi connectivity index (χ2v) is 5.60. The average Bonchev–Trinajstić information content (AvgIpc) is 3.10. The van der Waals surface area contributed by atoms with Crippen molar-refractivity contribution in [1.29, 1.82) is 0 Å². The molecular weight excluding hydrogens is 293 g/mol. The summed E-state index contributed by atoms with van der Waals surface area (Å²) in [7, 11) is 0. The molecule has 2 N–H and O–H groups in total. The third-order valence-corrected chi connectivity index (χ3v) is 4.05. The number of nitrogens with two attached hydrogens (primary N) is 1. The van der Waals surface area contributed by atoms with Crippen molar-refractivity contribution in [3.8, 4) is 10.8 Å². The predicted octanol–water partition coefficient (Wildman–Crippen LogP) is 3.13. The van der Waals surface area contributed by atoms with E-state index in [1.165, 1.54) is 23.5 Å². The summed E-state index contributed by atoms with van der Waals surface area (Å²) in [5, 5.41) is 4.81. The first-order valence-corrected chi connectivity index (χ1v) is 7.35. The first-order chi connectivity index (χ1) is 10.2. The highest BCUT2D eigenvalue weighted by Gasteiger charge is 2.17. The van der Waals surface area contributed by atoms with Gasteiger partial charge in [-0.15, -0.1) is 11.3 Å². The molecule has 1 aromatic carbocycles. The van der Waals surface area contributed by atoms with Crippen LogP contribution in [0.2, 0.25) is 0 Å². The Morgan fingerprint density at radius 2 is 2.29 bits per heavy atom. The molecule has 0 aliphatic heterocycles. The van der Waals surface area contributed by atoms with E-state index in [4.69, 9.17) is 15.0 Å². The van der Waals surface area contributed by atoms with Crippen LogP contribution in [0, 0.1) is 5.82 Å². The highest BCUT2D eigenvalue weighted by atomic mass is 32.1. The van der Waals surface area contributed by atoms with Gasteiger partial charge in [-0.25, -0.2) is 4.39 Å². The number of benzene rings is 1. The Hall–Kier alpha value is -1.83. The van der Waals surface area contributed by atoms with Gasteiger partial charge in [0.1, 0.15) is 5.82 Å². The molecule has 0 radical (unpaired) electrons. The lowest BCUT2D eigenvalue weighted by Gasteiger charge is -2.05. The fourth-order valence-corrected chi connectivity index (χ4v) is 2.92. The summed E-state index contributed by atoms with van der Waals surface area (Å²) in [6, 6.07) is 6.11. The molecule has 0 bridgehead atoms. The summed E-state index contributed by atoms with van der Waals surface area (Å²) in [4.78, 5) is 5.07. The molecule has 1 atom stereocenters. The summed E-state index contributed by atoms with van der Waals surface area (Å²) in [5.74, 6) is 0.529. The van der Waals surface area contributed by atoms with Crippen LogP contribution in [0.3, 0.4) is 0 Å². The van der Waals surface area contributed by atoms with E-state index in [2.05, 4.69) is 10.1 Å². The number of nitrogens with zero attached hydrogens (tertiary/aromatic N) is 2. The van der Waals surface area contributed by atoms with E-state index in [1.54, 1.807) is 6.07 Å². The maximum Gasteiger partial charge on any atom is 0.268 e. The molecule has 0 amide bonds. The van der Waals surface area contributed by atoms with Gasteiger partial charge in [0.2, 0.25) is 0 Å². The molecule has 0 fully saturated rings. The van der Waals surface area contributed by atoms with Crippen molar-refractivity contribution in [3.05, 3.63) is 35.9 Å². The Morgan fingerprint density at radius 3 is 3.10 bits per heavy atom. The summed E-state index contributed by atoms with van der Waals surface area (Å²) >= 11 is 1.40. The highest BCUT2D eigenvalue weighted by Crippen LogP contribution is 2.33. The molecule has 0 saturated heterocycles. The number of halogens is 1. The second-order valence-electron chi connectivity index (χ2n) is 4.52. The van der Waals surface area contributed by atoms with E-state index in [-0.39, 0.29) is 5.82 Å². The van der Waals surface area contributed by atoms with Crippen LogP contribution in [0.5, 0.6) is 0 Å². The van der Waals surface area contributed by atoms with Gasteiger partial charge in [0.25, 0.3) is 5.89 Å². The van der Waals surface area contributed by atoms with Crippen molar-refractivity contribution in [3.63, 3.8) is 0 Å². The normalized spacial score (nSPS) is 12.9. The molecule has 7 heteroatoms. The third kappa shape index (κ3) is 2.94. The SMILES string of the molecule is CCOCC(N)c1noc(-c2cc3ccc(F)cc3s2)n1. The molecule has 0 aliphatic rings. The zero-order valence-corrected chi connectivity index (χ0v) is 12.2. The van der Waals surface area contributed by atoms with Gasteiger partial charge in [-0.3, -0.25) is 0 Å². The number of ether oxygens (including phenoxy) is 1. The minimum Gasteiger partial charge on any atom is -0.380 e. The van der Waals surface area contributed by atoms with Crippen LogP contribution < -0.4 is 5.73 Å². The van der Waals surface area contributed by atoms with Crippen molar-refractivity contribution < 1.29 is 13.7 Å². The lowest BCUT2D eigenvalue weighted by Crippen LogP contribution is -2.18. The van der Waals surface area contributed by atoms with E-state index in [9.17, 15) is 4.39 Å². The largest absolute Gasteiger partial charge is 0.380 e. The Morgan fingerprint density at radius 1 is 1.43 bits per heavy atom. The predicted molar refractivity (Wildman–Crippen MR) is 78.5 cm³/mol. The Balaban J connectivity index is 1.87. The molecule has 3 rings (SSSR count). The van der Waals surface area contributed by atoms with E-state index in [1.807, 2.05) is 13.0 Å². The Kier molecular flexibility index (Phi) is 3.96. The van der Waals surface area contributed by atoms with Crippen molar-refractivity contribution in [2.24, 2.45) is 5.73 Å². The molecule has 0 saturated carbocycles. The average molecular weight is 307 g/mol. The zero-order chi connectivity index (χ0) is 14.8. The monoisotopic (exact) mass is 307 g/mol. The molecule has 5 nitrogen and oxygen atoms in total. The lowest BCUT2D eigenvalue weighted by atomic mass is 10.2. The van der Waals surface area contributed by atoms with Gasteiger partial charge in [0.15, 0.2) is 5.82 Å². The molecule has 2 aromatic heterocycles. The van der Waals surface area contributed by atoms with Crippen LogP contribution in [0.15, 0.2) is 28.8 Å². The maximum absolute atomic E-state index is 13.2. The maximum atomic E-state index is 13.2. The van der Waals surface area contributed by atoms with Gasteiger partial charge in [-0.2, -0.15) is 4.98 Å². The van der Waals surface area contributed by atoms with E-state index >= 15 is 0 Å². The summed E-state index contributed by atoms with van der Waals surface area (Å²) in [5.41, 5.74) is 5.91. The smallest absolute Gasteiger partial charge is 0.268 e. The minimum atomic E-state index is -0.422. The second kappa shape index (κ2) is 5.88. The molecule has 2 heterocycles. The summed E-state index contributed by atoms with van der Waals surface area (Å²) in [6.45, 7) is 2.82. The molecule has 3 aromatic rings. The topological polar surface area (TPSA) is 74.2 Å². The van der Waals surface area contributed by atoms with Crippen LogP contribution in [0.4, 0.5) is 4.39 Å². The van der Waals surface area contributed by atoms with Gasteiger partial charge >= 0.3 is 0 Å². The van der Waals surface area contributed by atoms with Crippen molar-refractivity contribution in [2.45, 2.75) is 13.0 Å². The fourth-order valence-electron chi connectivity index (χ4n) is 1.92. The standard InChI is InChI=1S/C14H14FN3O2S/c1-2-19-7-10(16)13-17-14(20-18-13)12-5-8-3-4-9(15)6-11(8)21-12/h3-6,10H,2,7,16H2,1H3. The number of rotatable bonds is 5.